The van der Waals surface area contributed by atoms with Crippen molar-refractivity contribution in [3.63, 3.8) is 0 Å². The van der Waals surface area contributed by atoms with Gasteiger partial charge in [0.1, 0.15) is 11.5 Å². The normalized spacial score (nSPS) is 13.5. The fourth-order valence-corrected chi connectivity index (χ4v) is 3.10. The van der Waals surface area contributed by atoms with Crippen LogP contribution in [0.2, 0.25) is 0 Å². The van der Waals surface area contributed by atoms with Crippen molar-refractivity contribution in [1.29, 1.82) is 0 Å². The number of ketones is 2. The van der Waals surface area contributed by atoms with Gasteiger partial charge >= 0.3 is 5.97 Å². The van der Waals surface area contributed by atoms with Crippen molar-refractivity contribution in [3.05, 3.63) is 101 Å². The third-order valence-electron chi connectivity index (χ3n) is 4.74. The quantitative estimate of drug-likeness (QED) is 0.339. The van der Waals surface area contributed by atoms with Crippen LogP contribution in [0.25, 0.3) is 6.08 Å². The molecule has 154 valence electrons. The second-order valence-corrected chi connectivity index (χ2v) is 6.79. The molecule has 0 saturated carbocycles. The molecule has 0 amide bonds. The molecule has 0 aromatic heterocycles. The molecule has 6 heteroatoms. The first-order chi connectivity index (χ1) is 15.0. The van der Waals surface area contributed by atoms with Crippen molar-refractivity contribution in [3.8, 4) is 11.5 Å². The van der Waals surface area contributed by atoms with E-state index in [2.05, 4.69) is 4.74 Å². The van der Waals surface area contributed by atoms with Crippen molar-refractivity contribution in [2.75, 3.05) is 13.7 Å². The summed E-state index contributed by atoms with van der Waals surface area (Å²) in [6.45, 7) is -0.119. The van der Waals surface area contributed by atoms with Crippen molar-refractivity contribution < 1.29 is 28.6 Å². The Hall–Kier alpha value is -4.19. The number of Topliss-reactive ketones (excluding diaryl/α,β-unsaturated/α-hetero) is 2. The zero-order valence-corrected chi connectivity index (χ0v) is 16.7. The first kappa shape index (κ1) is 20.1. The average molecular weight is 414 g/mol. The Morgan fingerprint density at radius 2 is 1.68 bits per heavy atom. The second-order valence-electron chi connectivity index (χ2n) is 6.79. The molecule has 0 spiro atoms. The van der Waals surface area contributed by atoms with E-state index in [0.717, 1.165) is 0 Å². The summed E-state index contributed by atoms with van der Waals surface area (Å²) in [5.74, 6) is 0.135. The molecule has 3 aromatic rings. The van der Waals surface area contributed by atoms with Crippen LogP contribution in [0.1, 0.15) is 36.6 Å². The number of carbonyl (C=O) groups is 3. The molecule has 1 heterocycles. The first-order valence-corrected chi connectivity index (χ1v) is 9.53. The van der Waals surface area contributed by atoms with E-state index in [9.17, 15) is 14.4 Å². The molecule has 0 aliphatic carbocycles. The number of methoxy groups -OCH3 is 1. The van der Waals surface area contributed by atoms with E-state index < -0.39 is 5.97 Å². The highest BCUT2D eigenvalue weighted by Gasteiger charge is 2.27. The summed E-state index contributed by atoms with van der Waals surface area (Å²) in [6, 6.07) is 20.3. The van der Waals surface area contributed by atoms with E-state index in [1.807, 2.05) is 6.07 Å². The summed E-state index contributed by atoms with van der Waals surface area (Å²) < 4.78 is 16.0. The van der Waals surface area contributed by atoms with Gasteiger partial charge in [0.25, 0.3) is 0 Å². The number of esters is 1. The molecule has 0 bridgehead atoms. The smallest absolute Gasteiger partial charge is 0.337 e. The van der Waals surface area contributed by atoms with Crippen LogP contribution in [0, 0.1) is 0 Å². The monoisotopic (exact) mass is 414 g/mol. The summed E-state index contributed by atoms with van der Waals surface area (Å²) in [5.41, 5.74) is 2.10. The van der Waals surface area contributed by atoms with Gasteiger partial charge in [-0.05, 0) is 35.9 Å². The van der Waals surface area contributed by atoms with Gasteiger partial charge in [0, 0.05) is 11.6 Å². The van der Waals surface area contributed by atoms with Crippen LogP contribution >= 0.6 is 0 Å². The number of carbonyl (C=O) groups excluding carboxylic acids is 3. The van der Waals surface area contributed by atoms with Crippen LogP contribution in [0.5, 0.6) is 11.5 Å². The number of fused-ring (bicyclic) bond motifs is 1. The molecule has 0 unspecified atom stereocenters. The van der Waals surface area contributed by atoms with Gasteiger partial charge in [0.15, 0.2) is 18.1 Å². The van der Waals surface area contributed by atoms with Crippen LogP contribution in [0.3, 0.4) is 0 Å². The lowest BCUT2D eigenvalue weighted by Crippen LogP contribution is -2.11. The van der Waals surface area contributed by atoms with Gasteiger partial charge < -0.3 is 14.2 Å². The highest BCUT2D eigenvalue weighted by Crippen LogP contribution is 2.35. The zero-order chi connectivity index (χ0) is 21.8. The molecule has 0 radical (unpaired) electrons. The second kappa shape index (κ2) is 8.67. The standard InChI is InChI=1S/C25H18O6/c1-29-25(28)18-9-7-16(8-10-18)13-23-24(27)20-12-11-19(14-22(20)31-23)30-15-21(26)17-5-3-2-4-6-17/h2-14H,15H2,1H3/b23-13-. The third-order valence-corrected chi connectivity index (χ3v) is 4.74. The van der Waals surface area contributed by atoms with E-state index in [4.69, 9.17) is 9.47 Å². The lowest BCUT2D eigenvalue weighted by atomic mass is 10.1. The average Bonchev–Trinajstić information content (AvgIpc) is 3.12. The number of hydrogen-bond acceptors (Lipinski definition) is 6. The lowest BCUT2D eigenvalue weighted by molar-refractivity contribution is 0.0600. The zero-order valence-electron chi connectivity index (χ0n) is 16.7. The van der Waals surface area contributed by atoms with Crippen LogP contribution < -0.4 is 9.47 Å². The topological polar surface area (TPSA) is 78.9 Å². The molecule has 0 fully saturated rings. The maximum absolute atomic E-state index is 12.6. The molecule has 1 aliphatic rings. The third kappa shape index (κ3) is 4.38. The molecule has 1 aliphatic heterocycles. The van der Waals surface area contributed by atoms with Gasteiger partial charge in [-0.2, -0.15) is 0 Å². The molecular weight excluding hydrogens is 396 g/mol. The SMILES string of the molecule is COC(=O)c1ccc(/C=C2\Oc3cc(OCC(=O)c4ccccc4)ccc3C2=O)cc1. The largest absolute Gasteiger partial charge is 0.485 e. The van der Waals surface area contributed by atoms with E-state index in [1.54, 1.807) is 72.8 Å². The van der Waals surface area contributed by atoms with Gasteiger partial charge in [-0.25, -0.2) is 4.79 Å². The Morgan fingerprint density at radius 1 is 0.935 bits per heavy atom. The number of ether oxygens (including phenoxy) is 3. The van der Waals surface area contributed by atoms with Gasteiger partial charge in [-0.1, -0.05) is 42.5 Å². The van der Waals surface area contributed by atoms with E-state index in [0.29, 0.717) is 33.8 Å². The maximum atomic E-state index is 12.6. The fraction of sp³-hybridized carbons (Fsp3) is 0.0800. The number of benzene rings is 3. The van der Waals surface area contributed by atoms with Crippen LogP contribution in [-0.4, -0.2) is 31.3 Å². The minimum Gasteiger partial charge on any atom is -0.485 e. The summed E-state index contributed by atoms with van der Waals surface area (Å²) in [5, 5.41) is 0. The van der Waals surface area contributed by atoms with E-state index in [1.165, 1.54) is 7.11 Å². The summed E-state index contributed by atoms with van der Waals surface area (Å²) >= 11 is 0. The minimum atomic E-state index is -0.432. The van der Waals surface area contributed by atoms with Crippen LogP contribution in [0.15, 0.2) is 78.6 Å². The van der Waals surface area contributed by atoms with Crippen molar-refractivity contribution in [2.24, 2.45) is 0 Å². The Bertz CT molecular complexity index is 1180. The van der Waals surface area contributed by atoms with Gasteiger partial charge in [-0.15, -0.1) is 0 Å². The Morgan fingerprint density at radius 3 is 2.39 bits per heavy atom. The minimum absolute atomic E-state index is 0.119. The molecule has 31 heavy (non-hydrogen) atoms. The molecule has 6 nitrogen and oxygen atoms in total. The molecule has 4 rings (SSSR count). The highest BCUT2D eigenvalue weighted by atomic mass is 16.5. The van der Waals surface area contributed by atoms with E-state index >= 15 is 0 Å². The number of hydrogen-bond donors (Lipinski definition) is 0. The van der Waals surface area contributed by atoms with Crippen LogP contribution in [0.4, 0.5) is 0 Å². The van der Waals surface area contributed by atoms with Gasteiger partial charge in [0.05, 0.1) is 18.2 Å². The summed E-state index contributed by atoms with van der Waals surface area (Å²) in [4.78, 5) is 36.3. The lowest BCUT2D eigenvalue weighted by Gasteiger charge is -2.06. The molecule has 0 saturated heterocycles. The van der Waals surface area contributed by atoms with Gasteiger partial charge in [0.2, 0.25) is 5.78 Å². The van der Waals surface area contributed by atoms with Crippen LogP contribution in [-0.2, 0) is 4.74 Å². The predicted molar refractivity (Wildman–Crippen MR) is 113 cm³/mol. The Kier molecular flexibility index (Phi) is 5.62. The first-order valence-electron chi connectivity index (χ1n) is 9.53. The fourth-order valence-electron chi connectivity index (χ4n) is 3.10. The molecule has 0 atom stereocenters. The van der Waals surface area contributed by atoms with Crippen molar-refractivity contribution >= 4 is 23.6 Å². The number of allylic oxidation sites excluding steroid dienone is 1. The molecular formula is C25H18O6. The summed E-state index contributed by atoms with van der Waals surface area (Å²) in [7, 11) is 1.32. The summed E-state index contributed by atoms with van der Waals surface area (Å²) in [6.07, 6.45) is 1.60. The predicted octanol–water partition coefficient (Wildman–Crippen LogP) is 4.35. The van der Waals surface area contributed by atoms with E-state index in [-0.39, 0.29) is 23.9 Å². The Labute approximate surface area is 178 Å². The van der Waals surface area contributed by atoms with Crippen molar-refractivity contribution in [1.82, 2.24) is 0 Å². The number of rotatable bonds is 6. The van der Waals surface area contributed by atoms with Crippen molar-refractivity contribution in [2.45, 2.75) is 0 Å². The van der Waals surface area contributed by atoms with Gasteiger partial charge in [-0.3, -0.25) is 9.59 Å². The molecule has 3 aromatic carbocycles. The maximum Gasteiger partial charge on any atom is 0.337 e. The Balaban J connectivity index is 1.46. The molecule has 0 N–H and O–H groups in total. The highest BCUT2D eigenvalue weighted by molar-refractivity contribution is 6.14.